The van der Waals surface area contributed by atoms with Gasteiger partial charge in [-0.05, 0) is 0 Å². The maximum absolute atomic E-state index is 12.2. The highest BCUT2D eigenvalue weighted by molar-refractivity contribution is 5.96. The molecule has 1 unspecified atom stereocenters. The van der Waals surface area contributed by atoms with Crippen LogP contribution in [0.2, 0.25) is 0 Å². The van der Waals surface area contributed by atoms with E-state index >= 15 is 0 Å². The van der Waals surface area contributed by atoms with E-state index in [-0.39, 0.29) is 6.42 Å². The lowest BCUT2D eigenvalue weighted by molar-refractivity contribution is -0.167. The average Bonchev–Trinajstić information content (AvgIpc) is 2.72. The number of aliphatic hydroxyl groups excluding tert-OH is 3. The van der Waals surface area contributed by atoms with Gasteiger partial charge in [0.15, 0.2) is 6.23 Å². The molecular weight excluding hydrogens is 272 g/mol. The Hall–Kier alpha value is -1.26. The molecular formula is C11H18N2O7. The van der Waals surface area contributed by atoms with Crippen molar-refractivity contribution in [2.45, 2.75) is 37.2 Å². The van der Waals surface area contributed by atoms with Gasteiger partial charge in [-0.15, -0.1) is 0 Å². The molecule has 0 aromatic rings. The number of ether oxygens (including phenoxy) is 2. The van der Waals surface area contributed by atoms with Crippen LogP contribution in [0.25, 0.3) is 0 Å². The normalized spacial score (nSPS) is 38.8. The number of imide groups is 1. The molecule has 0 saturated carbocycles. The second-order valence-electron chi connectivity index (χ2n) is 4.77. The van der Waals surface area contributed by atoms with Crippen molar-refractivity contribution >= 4 is 11.9 Å². The van der Waals surface area contributed by atoms with Gasteiger partial charge in [0, 0.05) is 14.2 Å². The Morgan fingerprint density at radius 1 is 1.35 bits per heavy atom. The summed E-state index contributed by atoms with van der Waals surface area (Å²) in [6, 6.07) is -0.692. The molecule has 2 saturated heterocycles. The highest BCUT2D eigenvalue weighted by Crippen LogP contribution is 2.29. The summed E-state index contributed by atoms with van der Waals surface area (Å²) in [7, 11) is 2.63. The molecule has 20 heavy (non-hydrogen) atoms. The number of carbonyl (C=O) groups is 2. The van der Waals surface area contributed by atoms with Gasteiger partial charge in [0.1, 0.15) is 24.5 Å². The van der Waals surface area contributed by atoms with Gasteiger partial charge < -0.3 is 24.8 Å². The largest absolute Gasteiger partial charge is 0.394 e. The SMILES string of the molecule is COC1CC(=O)N(C)C(=O)N1[C@@H]1O[C@H](CO)[C@@H](O)[C@H]1O. The Bertz CT molecular complexity index is 404. The van der Waals surface area contributed by atoms with Crippen LogP contribution in [-0.2, 0) is 14.3 Å². The summed E-state index contributed by atoms with van der Waals surface area (Å²) in [5.41, 5.74) is 0. The van der Waals surface area contributed by atoms with Crippen LogP contribution in [0, 0.1) is 0 Å². The van der Waals surface area contributed by atoms with Crippen molar-refractivity contribution in [3.8, 4) is 0 Å². The van der Waals surface area contributed by atoms with Gasteiger partial charge in [0.05, 0.1) is 13.0 Å². The van der Waals surface area contributed by atoms with Gasteiger partial charge in [-0.3, -0.25) is 14.6 Å². The summed E-state index contributed by atoms with van der Waals surface area (Å²) in [4.78, 5) is 25.7. The van der Waals surface area contributed by atoms with Crippen molar-refractivity contribution in [2.75, 3.05) is 20.8 Å². The quantitative estimate of drug-likeness (QED) is 0.534. The number of rotatable bonds is 3. The Kier molecular flexibility index (Phi) is 4.25. The number of amides is 3. The zero-order valence-electron chi connectivity index (χ0n) is 11.2. The Labute approximate surface area is 115 Å². The number of methoxy groups -OCH3 is 1. The molecule has 2 heterocycles. The van der Waals surface area contributed by atoms with Crippen molar-refractivity contribution < 1.29 is 34.4 Å². The lowest BCUT2D eigenvalue weighted by atomic mass is 10.1. The lowest BCUT2D eigenvalue weighted by Gasteiger charge is -2.41. The van der Waals surface area contributed by atoms with Crippen molar-refractivity contribution in [1.82, 2.24) is 9.80 Å². The lowest BCUT2D eigenvalue weighted by Crippen LogP contribution is -2.61. The van der Waals surface area contributed by atoms with Gasteiger partial charge in [-0.2, -0.15) is 0 Å². The third kappa shape index (κ3) is 2.27. The van der Waals surface area contributed by atoms with Crippen molar-refractivity contribution in [2.24, 2.45) is 0 Å². The first kappa shape index (κ1) is 15.1. The topological polar surface area (TPSA) is 120 Å². The number of nitrogens with zero attached hydrogens (tertiary/aromatic N) is 2. The van der Waals surface area contributed by atoms with E-state index in [0.717, 1.165) is 9.80 Å². The molecule has 2 aliphatic rings. The van der Waals surface area contributed by atoms with Gasteiger partial charge in [-0.1, -0.05) is 0 Å². The van der Waals surface area contributed by atoms with Crippen LogP contribution in [-0.4, -0.2) is 88.6 Å². The van der Waals surface area contributed by atoms with Crippen LogP contribution in [0.5, 0.6) is 0 Å². The van der Waals surface area contributed by atoms with E-state index in [0.29, 0.717) is 0 Å². The Balaban J connectivity index is 2.25. The molecule has 0 aromatic heterocycles. The standard InChI is InChI=1S/C11H18N2O7/c1-12-6(15)3-7(19-2)13(11(12)18)10-9(17)8(16)5(4-14)20-10/h5,7-10,14,16-17H,3-4H2,1-2H3/t5-,7?,8-,9-,10-/m1/s1. The third-order valence-electron chi connectivity index (χ3n) is 3.60. The van der Waals surface area contributed by atoms with E-state index < -0.39 is 49.3 Å². The van der Waals surface area contributed by atoms with E-state index in [1.165, 1.54) is 14.2 Å². The highest BCUT2D eigenvalue weighted by atomic mass is 16.6. The number of urea groups is 1. The van der Waals surface area contributed by atoms with Gasteiger partial charge in [0.25, 0.3) is 0 Å². The van der Waals surface area contributed by atoms with E-state index in [9.17, 15) is 19.8 Å². The minimum absolute atomic E-state index is 0.0782. The zero-order chi connectivity index (χ0) is 15.0. The van der Waals surface area contributed by atoms with Crippen LogP contribution in [0.3, 0.4) is 0 Å². The van der Waals surface area contributed by atoms with E-state index in [4.69, 9.17) is 14.6 Å². The Morgan fingerprint density at radius 3 is 2.50 bits per heavy atom. The number of aliphatic hydroxyl groups is 3. The van der Waals surface area contributed by atoms with Crippen LogP contribution in [0.1, 0.15) is 6.42 Å². The second kappa shape index (κ2) is 5.62. The van der Waals surface area contributed by atoms with Gasteiger partial charge in [-0.25, -0.2) is 4.79 Å². The first-order valence-corrected chi connectivity index (χ1v) is 6.16. The predicted octanol–water partition coefficient (Wildman–Crippen LogP) is -2.32. The first-order valence-electron chi connectivity index (χ1n) is 6.16. The van der Waals surface area contributed by atoms with Crippen LogP contribution < -0.4 is 0 Å². The summed E-state index contributed by atoms with van der Waals surface area (Å²) in [5, 5.41) is 28.7. The predicted molar refractivity (Wildman–Crippen MR) is 63.2 cm³/mol. The summed E-state index contributed by atoms with van der Waals surface area (Å²) in [6.45, 7) is -0.497. The molecule has 0 aliphatic carbocycles. The molecule has 2 rings (SSSR count). The first-order chi connectivity index (χ1) is 9.42. The number of carbonyl (C=O) groups excluding carboxylic acids is 2. The molecule has 2 aliphatic heterocycles. The van der Waals surface area contributed by atoms with Gasteiger partial charge in [0.2, 0.25) is 5.91 Å². The van der Waals surface area contributed by atoms with Crippen molar-refractivity contribution in [3.05, 3.63) is 0 Å². The number of hydrogen-bond acceptors (Lipinski definition) is 7. The summed E-state index contributed by atoms with van der Waals surface area (Å²) < 4.78 is 10.4. The number of hydrogen-bond donors (Lipinski definition) is 3. The Morgan fingerprint density at radius 2 is 2.00 bits per heavy atom. The third-order valence-corrected chi connectivity index (χ3v) is 3.60. The van der Waals surface area contributed by atoms with Crippen molar-refractivity contribution in [3.63, 3.8) is 0 Å². The van der Waals surface area contributed by atoms with Gasteiger partial charge >= 0.3 is 6.03 Å². The molecule has 9 nitrogen and oxygen atoms in total. The minimum atomic E-state index is -1.39. The van der Waals surface area contributed by atoms with E-state index in [2.05, 4.69) is 0 Å². The molecule has 0 radical (unpaired) electrons. The molecule has 2 fully saturated rings. The zero-order valence-corrected chi connectivity index (χ0v) is 11.2. The average molecular weight is 290 g/mol. The molecule has 3 amide bonds. The maximum Gasteiger partial charge on any atom is 0.330 e. The summed E-state index contributed by atoms with van der Waals surface area (Å²) >= 11 is 0. The monoisotopic (exact) mass is 290 g/mol. The summed E-state index contributed by atoms with van der Waals surface area (Å²) in [5.74, 6) is -0.412. The second-order valence-corrected chi connectivity index (χ2v) is 4.77. The fourth-order valence-corrected chi connectivity index (χ4v) is 2.37. The van der Waals surface area contributed by atoms with Crippen LogP contribution in [0.15, 0.2) is 0 Å². The molecule has 9 heteroatoms. The van der Waals surface area contributed by atoms with Crippen LogP contribution >= 0.6 is 0 Å². The fourth-order valence-electron chi connectivity index (χ4n) is 2.37. The fraction of sp³-hybridized carbons (Fsp3) is 0.818. The summed E-state index contributed by atoms with van der Waals surface area (Å²) in [6.07, 6.45) is -5.87. The molecule has 5 atom stereocenters. The molecule has 3 N–H and O–H groups in total. The minimum Gasteiger partial charge on any atom is -0.394 e. The molecule has 114 valence electrons. The highest BCUT2D eigenvalue weighted by Gasteiger charge is 2.51. The maximum atomic E-state index is 12.2. The molecule has 0 aromatic carbocycles. The van der Waals surface area contributed by atoms with Crippen LogP contribution in [0.4, 0.5) is 4.79 Å². The van der Waals surface area contributed by atoms with Crippen molar-refractivity contribution in [1.29, 1.82) is 0 Å². The molecule has 0 bridgehead atoms. The molecule has 0 spiro atoms. The van der Waals surface area contributed by atoms with E-state index in [1.807, 2.05) is 0 Å². The smallest absolute Gasteiger partial charge is 0.330 e. The van der Waals surface area contributed by atoms with E-state index in [1.54, 1.807) is 0 Å².